The fourth-order valence-corrected chi connectivity index (χ4v) is 4.62. The van der Waals surface area contributed by atoms with Crippen LogP contribution in [0.4, 0.5) is 4.79 Å². The largest absolute Gasteiger partial charge is 0.444 e. The van der Waals surface area contributed by atoms with Crippen molar-refractivity contribution in [2.75, 3.05) is 33.2 Å². The normalized spacial score (nSPS) is 16.4. The Morgan fingerprint density at radius 2 is 1.97 bits per heavy atom. The summed E-state index contributed by atoms with van der Waals surface area (Å²) in [6, 6.07) is 10.2. The summed E-state index contributed by atoms with van der Waals surface area (Å²) in [4.78, 5) is 19.2. The van der Waals surface area contributed by atoms with Gasteiger partial charge >= 0.3 is 6.09 Å². The second-order valence-electron chi connectivity index (χ2n) is 8.95. The van der Waals surface area contributed by atoms with Gasteiger partial charge in [-0.1, -0.05) is 18.2 Å². The minimum atomic E-state index is -0.590. The Kier molecular flexibility index (Phi) is 10.0. The van der Waals surface area contributed by atoms with Crippen molar-refractivity contribution in [3.63, 3.8) is 0 Å². The standard InChI is InChI=1S/C23H34N4O3S.HI/c1-23(2,3)30-22(29)27-11-9-16(10-12-27)14-25-21(24-4)26-15-18(28)20-13-17-7-5-6-8-19(17)31-20;/h5-8,13,16,18,28H,9-12,14-15H2,1-4H3,(H2,24,25,26);1H. The van der Waals surface area contributed by atoms with Gasteiger partial charge in [0.05, 0.1) is 0 Å². The Balaban J connectivity index is 0.00000363. The average Bonchev–Trinajstić information content (AvgIpc) is 3.17. The highest BCUT2D eigenvalue weighted by Gasteiger charge is 2.26. The molecule has 178 valence electrons. The molecule has 1 unspecified atom stereocenters. The van der Waals surface area contributed by atoms with Crippen LogP contribution in [0.2, 0.25) is 0 Å². The molecule has 3 rings (SSSR count). The summed E-state index contributed by atoms with van der Waals surface area (Å²) in [7, 11) is 1.73. The Labute approximate surface area is 211 Å². The molecule has 0 radical (unpaired) electrons. The number of rotatable bonds is 5. The number of aliphatic hydroxyl groups is 1. The molecule has 2 aromatic rings. The number of piperidine rings is 1. The molecule has 1 aliphatic heterocycles. The summed E-state index contributed by atoms with van der Waals surface area (Å²) in [5.41, 5.74) is -0.464. The maximum absolute atomic E-state index is 12.2. The number of aliphatic imine (C=N–C) groups is 1. The number of halogens is 1. The molecule has 1 aromatic carbocycles. The Hall–Kier alpha value is -1.59. The van der Waals surface area contributed by atoms with Gasteiger partial charge in [-0.05, 0) is 57.0 Å². The molecule has 0 spiro atoms. The molecule has 1 fully saturated rings. The van der Waals surface area contributed by atoms with Crippen LogP contribution < -0.4 is 10.6 Å². The molecular weight excluding hydrogens is 539 g/mol. The van der Waals surface area contributed by atoms with E-state index in [-0.39, 0.29) is 30.1 Å². The lowest BCUT2D eigenvalue weighted by atomic mass is 9.97. The number of thiophene rings is 1. The molecular formula is C23H35IN4O3S. The zero-order valence-electron chi connectivity index (χ0n) is 19.3. The topological polar surface area (TPSA) is 86.2 Å². The van der Waals surface area contributed by atoms with E-state index in [4.69, 9.17) is 4.74 Å². The van der Waals surface area contributed by atoms with E-state index >= 15 is 0 Å². The molecule has 0 saturated carbocycles. The highest BCUT2D eigenvalue weighted by Crippen LogP contribution is 2.29. The predicted molar refractivity (Wildman–Crippen MR) is 142 cm³/mol. The zero-order chi connectivity index (χ0) is 22.4. The molecule has 1 atom stereocenters. The smallest absolute Gasteiger partial charge is 0.410 e. The van der Waals surface area contributed by atoms with E-state index in [9.17, 15) is 9.90 Å². The van der Waals surface area contributed by atoms with Crippen molar-refractivity contribution in [3.05, 3.63) is 35.2 Å². The molecule has 2 heterocycles. The first-order valence-corrected chi connectivity index (χ1v) is 11.7. The van der Waals surface area contributed by atoms with Gasteiger partial charge in [0.2, 0.25) is 0 Å². The Morgan fingerprint density at radius 1 is 1.28 bits per heavy atom. The van der Waals surface area contributed by atoms with Crippen LogP contribution in [0.3, 0.4) is 0 Å². The van der Waals surface area contributed by atoms with E-state index in [1.807, 2.05) is 39.0 Å². The SMILES string of the molecule is CN=C(NCC1CCN(C(=O)OC(C)(C)C)CC1)NCC(O)c1cc2ccccc2s1.I. The van der Waals surface area contributed by atoms with Crippen LogP contribution >= 0.6 is 35.3 Å². The summed E-state index contributed by atoms with van der Waals surface area (Å²) in [6.07, 6.45) is 1.03. The number of aliphatic hydroxyl groups excluding tert-OH is 1. The number of carbonyl (C=O) groups is 1. The number of fused-ring (bicyclic) bond motifs is 1. The monoisotopic (exact) mass is 574 g/mol. The third-order valence-electron chi connectivity index (χ3n) is 5.28. The van der Waals surface area contributed by atoms with Crippen molar-refractivity contribution in [2.24, 2.45) is 10.9 Å². The van der Waals surface area contributed by atoms with E-state index < -0.39 is 11.7 Å². The van der Waals surface area contributed by atoms with Gasteiger partial charge in [-0.25, -0.2) is 4.79 Å². The van der Waals surface area contributed by atoms with Crippen molar-refractivity contribution in [2.45, 2.75) is 45.3 Å². The molecule has 1 aromatic heterocycles. The van der Waals surface area contributed by atoms with Gasteiger partial charge in [0.25, 0.3) is 0 Å². The van der Waals surface area contributed by atoms with Gasteiger partial charge < -0.3 is 25.4 Å². The van der Waals surface area contributed by atoms with Gasteiger partial charge in [0, 0.05) is 42.8 Å². The highest BCUT2D eigenvalue weighted by molar-refractivity contribution is 14.0. The van der Waals surface area contributed by atoms with Crippen molar-refractivity contribution < 1.29 is 14.6 Å². The van der Waals surface area contributed by atoms with Crippen molar-refractivity contribution in [1.82, 2.24) is 15.5 Å². The van der Waals surface area contributed by atoms with Gasteiger partial charge in [-0.2, -0.15) is 0 Å². The maximum Gasteiger partial charge on any atom is 0.410 e. The van der Waals surface area contributed by atoms with Crippen LogP contribution in [-0.4, -0.2) is 60.9 Å². The van der Waals surface area contributed by atoms with E-state index in [1.54, 1.807) is 23.3 Å². The van der Waals surface area contributed by atoms with E-state index in [0.717, 1.165) is 29.6 Å². The first kappa shape index (κ1) is 26.7. The third-order valence-corrected chi connectivity index (χ3v) is 6.50. The first-order chi connectivity index (χ1) is 14.7. The van der Waals surface area contributed by atoms with Gasteiger partial charge in [0.1, 0.15) is 11.7 Å². The molecule has 1 aliphatic rings. The molecule has 1 saturated heterocycles. The van der Waals surface area contributed by atoms with Crippen LogP contribution in [0.15, 0.2) is 35.3 Å². The molecule has 7 nitrogen and oxygen atoms in total. The fraction of sp³-hybridized carbons (Fsp3) is 0.565. The third kappa shape index (κ3) is 7.77. The number of benzene rings is 1. The summed E-state index contributed by atoms with van der Waals surface area (Å²) in [5, 5.41) is 18.3. The number of likely N-dealkylation sites (tertiary alicyclic amines) is 1. The number of ether oxygens (including phenoxy) is 1. The molecule has 32 heavy (non-hydrogen) atoms. The molecule has 1 amide bonds. The number of guanidine groups is 1. The van der Waals surface area contributed by atoms with Crippen molar-refractivity contribution in [1.29, 1.82) is 0 Å². The Morgan fingerprint density at radius 3 is 2.59 bits per heavy atom. The van der Waals surface area contributed by atoms with E-state index in [2.05, 4.69) is 27.8 Å². The van der Waals surface area contributed by atoms with Gasteiger partial charge in [0.15, 0.2) is 5.96 Å². The Bertz CT molecular complexity index is 871. The van der Waals surface area contributed by atoms with Crippen LogP contribution in [0.25, 0.3) is 10.1 Å². The van der Waals surface area contributed by atoms with Crippen molar-refractivity contribution >= 4 is 57.5 Å². The van der Waals surface area contributed by atoms with E-state index in [1.165, 1.54) is 4.70 Å². The summed E-state index contributed by atoms with van der Waals surface area (Å²) >= 11 is 1.61. The maximum atomic E-state index is 12.2. The fourth-order valence-electron chi connectivity index (χ4n) is 3.57. The molecule has 3 N–H and O–H groups in total. The molecule has 9 heteroatoms. The molecule has 0 bridgehead atoms. The first-order valence-electron chi connectivity index (χ1n) is 10.8. The van der Waals surface area contributed by atoms with Crippen LogP contribution in [0.5, 0.6) is 0 Å². The number of nitrogens with zero attached hydrogens (tertiary/aromatic N) is 2. The minimum Gasteiger partial charge on any atom is -0.444 e. The van der Waals surface area contributed by atoms with Gasteiger partial charge in [-0.15, -0.1) is 35.3 Å². The summed E-state index contributed by atoms with van der Waals surface area (Å²) < 4.78 is 6.64. The highest BCUT2D eigenvalue weighted by atomic mass is 127. The minimum absolute atomic E-state index is 0. The number of hydrogen-bond acceptors (Lipinski definition) is 5. The average molecular weight is 575 g/mol. The second kappa shape index (κ2) is 12.0. The van der Waals surface area contributed by atoms with E-state index in [0.29, 0.717) is 31.5 Å². The van der Waals surface area contributed by atoms with Crippen LogP contribution in [0.1, 0.15) is 44.6 Å². The molecule has 0 aliphatic carbocycles. The van der Waals surface area contributed by atoms with Gasteiger partial charge in [-0.3, -0.25) is 4.99 Å². The number of amides is 1. The second-order valence-corrected chi connectivity index (χ2v) is 10.1. The zero-order valence-corrected chi connectivity index (χ0v) is 22.4. The van der Waals surface area contributed by atoms with Crippen molar-refractivity contribution in [3.8, 4) is 0 Å². The lowest BCUT2D eigenvalue weighted by Gasteiger charge is -2.33. The lowest BCUT2D eigenvalue weighted by molar-refractivity contribution is 0.0185. The predicted octanol–water partition coefficient (Wildman–Crippen LogP) is 4.36. The van der Waals surface area contributed by atoms with Crippen LogP contribution in [-0.2, 0) is 4.74 Å². The summed E-state index contributed by atoms with van der Waals surface area (Å²) in [6.45, 7) is 8.24. The number of hydrogen-bond donors (Lipinski definition) is 3. The number of carbonyl (C=O) groups excluding carboxylic acids is 1. The summed E-state index contributed by atoms with van der Waals surface area (Å²) in [5.74, 6) is 1.14. The number of nitrogens with one attached hydrogen (secondary N) is 2. The van der Waals surface area contributed by atoms with Crippen LogP contribution in [0, 0.1) is 5.92 Å². The quantitative estimate of drug-likeness (QED) is 0.281. The lowest BCUT2D eigenvalue weighted by Crippen LogP contribution is -2.45.